The fourth-order valence-electron chi connectivity index (χ4n) is 1.64. The largest absolute Gasteiger partial charge is 0.451 e. The molecule has 110 valence electrons. The van der Waals surface area contributed by atoms with Crippen LogP contribution in [-0.4, -0.2) is 25.2 Å². The van der Waals surface area contributed by atoms with Crippen LogP contribution < -0.4 is 10.0 Å². The van der Waals surface area contributed by atoms with Crippen LogP contribution in [0, 0.1) is 0 Å². The van der Waals surface area contributed by atoms with Gasteiger partial charge in [-0.3, -0.25) is 9.40 Å². The van der Waals surface area contributed by atoms with E-state index in [2.05, 4.69) is 31.1 Å². The first-order valence-corrected chi connectivity index (χ1v) is 8.22. The normalized spacial score (nSPS) is 11.8. The molecule has 2 rings (SSSR count). The summed E-state index contributed by atoms with van der Waals surface area (Å²) in [6.45, 7) is 3.04. The summed E-state index contributed by atoms with van der Waals surface area (Å²) in [7, 11) is -1.96. The predicted octanol–water partition coefficient (Wildman–Crippen LogP) is 1.78. The van der Waals surface area contributed by atoms with Crippen molar-refractivity contribution in [1.82, 2.24) is 15.1 Å². The summed E-state index contributed by atoms with van der Waals surface area (Å²) in [5, 5.41) is 6.91. The molecule has 7 nitrogen and oxygen atoms in total. The lowest BCUT2D eigenvalue weighted by molar-refractivity contribution is 0.470. The Morgan fingerprint density at radius 3 is 2.85 bits per heavy atom. The highest BCUT2D eigenvalue weighted by molar-refractivity contribution is 9.10. The molecule has 0 unspecified atom stereocenters. The minimum absolute atomic E-state index is 0.0620. The zero-order valence-corrected chi connectivity index (χ0v) is 13.5. The van der Waals surface area contributed by atoms with Gasteiger partial charge in [0.05, 0.1) is 18.4 Å². The average molecular weight is 363 g/mol. The van der Waals surface area contributed by atoms with Crippen LogP contribution in [0.25, 0.3) is 0 Å². The third-order valence-electron chi connectivity index (χ3n) is 2.56. The Balaban J connectivity index is 2.25. The highest BCUT2D eigenvalue weighted by Gasteiger charge is 2.23. The van der Waals surface area contributed by atoms with Crippen molar-refractivity contribution in [2.45, 2.75) is 24.9 Å². The van der Waals surface area contributed by atoms with Gasteiger partial charge < -0.3 is 9.73 Å². The second kappa shape index (κ2) is 5.98. The molecule has 0 bridgehead atoms. The molecule has 0 fully saturated rings. The average Bonchev–Trinajstić information content (AvgIpc) is 2.96. The van der Waals surface area contributed by atoms with Crippen LogP contribution in [0.2, 0.25) is 0 Å². The molecular formula is C11H15BrN4O3S. The van der Waals surface area contributed by atoms with Gasteiger partial charge >= 0.3 is 0 Å². The first-order chi connectivity index (χ1) is 9.46. The zero-order chi connectivity index (χ0) is 14.8. The number of nitrogens with one attached hydrogen (secondary N) is 2. The van der Waals surface area contributed by atoms with Crippen molar-refractivity contribution in [2.24, 2.45) is 0 Å². The van der Waals surface area contributed by atoms with E-state index in [9.17, 15) is 8.42 Å². The molecular weight excluding hydrogens is 348 g/mol. The molecule has 0 aliphatic carbocycles. The van der Waals surface area contributed by atoms with Gasteiger partial charge in [-0.15, -0.1) is 0 Å². The monoisotopic (exact) mass is 362 g/mol. The summed E-state index contributed by atoms with van der Waals surface area (Å²) in [5.41, 5.74) is 0.412. The van der Waals surface area contributed by atoms with Gasteiger partial charge in [-0.2, -0.15) is 5.10 Å². The van der Waals surface area contributed by atoms with E-state index >= 15 is 0 Å². The van der Waals surface area contributed by atoms with Gasteiger partial charge in [-0.1, -0.05) is 0 Å². The smallest absolute Gasteiger partial charge is 0.266 e. The molecule has 0 radical (unpaired) electrons. The summed E-state index contributed by atoms with van der Waals surface area (Å²) >= 11 is 3.12. The van der Waals surface area contributed by atoms with E-state index in [4.69, 9.17) is 4.42 Å². The van der Waals surface area contributed by atoms with E-state index in [1.807, 2.05) is 6.92 Å². The van der Waals surface area contributed by atoms with Gasteiger partial charge in [-0.25, -0.2) is 8.42 Å². The van der Waals surface area contributed by atoms with E-state index in [-0.39, 0.29) is 9.56 Å². The van der Waals surface area contributed by atoms with Crippen LogP contribution in [0.3, 0.4) is 0 Å². The molecule has 0 aromatic carbocycles. The Kier molecular flexibility index (Phi) is 4.51. The lowest BCUT2D eigenvalue weighted by Crippen LogP contribution is -2.12. The van der Waals surface area contributed by atoms with E-state index in [1.54, 1.807) is 17.9 Å². The number of nitrogens with zero attached hydrogens (tertiary/aromatic N) is 2. The molecule has 2 N–H and O–H groups in total. The summed E-state index contributed by atoms with van der Waals surface area (Å²) in [6, 6.07) is 1.48. The van der Waals surface area contributed by atoms with Gasteiger partial charge in [0, 0.05) is 18.8 Å². The topological polar surface area (TPSA) is 89.2 Å². The van der Waals surface area contributed by atoms with Crippen molar-refractivity contribution in [1.29, 1.82) is 0 Å². The maximum absolute atomic E-state index is 12.3. The van der Waals surface area contributed by atoms with Crippen LogP contribution in [0.4, 0.5) is 5.69 Å². The van der Waals surface area contributed by atoms with Crippen molar-refractivity contribution in [3.05, 3.63) is 28.9 Å². The third kappa shape index (κ3) is 3.22. The first-order valence-electron chi connectivity index (χ1n) is 5.94. The maximum atomic E-state index is 12.3. The first kappa shape index (κ1) is 15.1. The molecule has 2 aromatic heterocycles. The molecule has 20 heavy (non-hydrogen) atoms. The van der Waals surface area contributed by atoms with E-state index < -0.39 is 10.0 Å². The fraction of sp³-hybridized carbons (Fsp3) is 0.364. The number of halogens is 1. The Hall–Kier alpha value is -1.32. The Morgan fingerprint density at radius 1 is 1.50 bits per heavy atom. The summed E-state index contributed by atoms with van der Waals surface area (Å²) in [6.07, 6.45) is 3.09. The van der Waals surface area contributed by atoms with E-state index in [1.165, 1.54) is 12.3 Å². The molecule has 0 amide bonds. The standard InChI is InChI=1S/C11H15BrN4O3S/c1-3-16-7-8(5-14-16)15-20(17,18)10-4-9(6-13-2)19-11(10)12/h4-5,7,13,15H,3,6H2,1-2H3. The molecule has 0 aliphatic heterocycles. The number of aromatic nitrogens is 2. The SMILES string of the molecule is CCn1cc(NS(=O)(=O)c2cc(CNC)oc2Br)cn1. The minimum atomic E-state index is -3.71. The molecule has 9 heteroatoms. The Labute approximate surface area is 125 Å². The molecule has 2 heterocycles. The van der Waals surface area contributed by atoms with Gasteiger partial charge in [0.15, 0.2) is 4.67 Å². The van der Waals surface area contributed by atoms with Gasteiger partial charge in [-0.05, 0) is 29.9 Å². The van der Waals surface area contributed by atoms with Gasteiger partial charge in [0.2, 0.25) is 0 Å². The number of hydrogen-bond acceptors (Lipinski definition) is 5. The molecule has 0 spiro atoms. The predicted molar refractivity (Wildman–Crippen MR) is 77.9 cm³/mol. The van der Waals surface area contributed by atoms with Gasteiger partial charge in [0.25, 0.3) is 10.0 Å². The highest BCUT2D eigenvalue weighted by atomic mass is 79.9. The Morgan fingerprint density at radius 2 is 2.25 bits per heavy atom. The lowest BCUT2D eigenvalue weighted by Gasteiger charge is -2.03. The quantitative estimate of drug-likeness (QED) is 0.817. The van der Waals surface area contributed by atoms with E-state index in [0.717, 1.165) is 0 Å². The number of anilines is 1. The van der Waals surface area contributed by atoms with Crippen molar-refractivity contribution in [3.63, 3.8) is 0 Å². The summed E-state index contributed by atoms with van der Waals surface area (Å²) < 4.78 is 34.2. The Bertz CT molecular complexity index is 692. The number of rotatable bonds is 6. The van der Waals surface area contributed by atoms with Crippen molar-refractivity contribution < 1.29 is 12.8 Å². The number of furan rings is 1. The lowest BCUT2D eigenvalue weighted by atomic mass is 10.4. The van der Waals surface area contributed by atoms with Crippen LogP contribution in [0.15, 0.2) is 32.4 Å². The van der Waals surface area contributed by atoms with Crippen LogP contribution in [0.1, 0.15) is 12.7 Å². The summed E-state index contributed by atoms with van der Waals surface area (Å²) in [5.74, 6) is 0.531. The van der Waals surface area contributed by atoms with Crippen molar-refractivity contribution in [2.75, 3.05) is 11.8 Å². The molecule has 0 saturated carbocycles. The van der Waals surface area contributed by atoms with E-state index in [0.29, 0.717) is 24.5 Å². The van der Waals surface area contributed by atoms with Crippen LogP contribution in [0.5, 0.6) is 0 Å². The van der Waals surface area contributed by atoms with Crippen LogP contribution >= 0.6 is 15.9 Å². The molecule has 0 aliphatic rings. The minimum Gasteiger partial charge on any atom is -0.451 e. The number of hydrogen-bond donors (Lipinski definition) is 2. The molecule has 0 saturated heterocycles. The second-order valence-corrected chi connectivity index (χ2v) is 6.44. The number of sulfonamides is 1. The highest BCUT2D eigenvalue weighted by Crippen LogP contribution is 2.27. The number of aryl methyl sites for hydroxylation is 1. The fourth-order valence-corrected chi connectivity index (χ4v) is 3.67. The van der Waals surface area contributed by atoms with Gasteiger partial charge in [0.1, 0.15) is 10.7 Å². The molecule has 2 aromatic rings. The van der Waals surface area contributed by atoms with Crippen molar-refractivity contribution >= 4 is 31.6 Å². The molecule has 0 atom stereocenters. The summed E-state index contributed by atoms with van der Waals surface area (Å²) in [4.78, 5) is 0.0620. The maximum Gasteiger partial charge on any atom is 0.266 e. The van der Waals surface area contributed by atoms with Crippen molar-refractivity contribution in [3.8, 4) is 0 Å². The third-order valence-corrected chi connectivity index (χ3v) is 4.79. The van der Waals surface area contributed by atoms with Crippen LogP contribution in [-0.2, 0) is 23.1 Å². The zero-order valence-electron chi connectivity index (χ0n) is 11.1. The second-order valence-electron chi connectivity index (χ2n) is 4.07.